The number of carbonyl (C=O) groups excluding carboxylic acids is 2. The van der Waals surface area contributed by atoms with Gasteiger partial charge in [-0.1, -0.05) is 149 Å². The molecule has 2 aliphatic rings. The minimum absolute atomic E-state index is 0.00331. The first-order valence-electron chi connectivity index (χ1n) is 19.7. The zero-order valence-corrected chi connectivity index (χ0v) is 35.9. The highest BCUT2D eigenvalue weighted by Crippen LogP contribution is 2.40. The fourth-order valence-electron chi connectivity index (χ4n) is 7.14. The Morgan fingerprint density at radius 1 is 0.839 bits per heavy atom. The van der Waals surface area contributed by atoms with E-state index in [1.807, 2.05) is 19.1 Å². The molecule has 304 valence electrons. The monoisotopic (exact) mass is 864 g/mol. The Kier molecular flexibility index (Phi) is 16.7. The van der Waals surface area contributed by atoms with E-state index in [2.05, 4.69) is 22.2 Å². The molecule has 0 saturated heterocycles. The van der Waals surface area contributed by atoms with Gasteiger partial charge >= 0.3 is 10.2 Å². The van der Waals surface area contributed by atoms with Crippen LogP contribution in [0, 0.1) is 0 Å². The molecule has 56 heavy (non-hydrogen) atoms. The number of benzene rings is 3. The molecule has 3 unspecified atom stereocenters. The van der Waals surface area contributed by atoms with Gasteiger partial charge in [-0.05, 0) is 62.1 Å². The average Bonchev–Trinajstić information content (AvgIpc) is 3.47. The zero-order chi connectivity index (χ0) is 40.2. The number of para-hydroxylation sites is 1. The zero-order valence-electron chi connectivity index (χ0n) is 32.0. The number of nitrogens with zero attached hydrogens (tertiary/aromatic N) is 4. The van der Waals surface area contributed by atoms with Crippen molar-refractivity contribution in [1.29, 1.82) is 0 Å². The van der Waals surface area contributed by atoms with Gasteiger partial charge in [0.05, 0.1) is 15.7 Å². The van der Waals surface area contributed by atoms with Crippen LogP contribution < -0.4 is 19.5 Å². The number of hydrazone groups is 1. The molecule has 3 aromatic carbocycles. The fraction of sp³-hybridized carbons (Fsp3) is 0.488. The highest BCUT2D eigenvalue weighted by atomic mass is 35.5. The first-order valence-corrected chi connectivity index (χ1v) is 22.7. The van der Waals surface area contributed by atoms with Crippen molar-refractivity contribution in [3.8, 4) is 0 Å². The SMILES string of the molecule is CCCCCCCCCCCCCC(CCC(C)Cl)NS(=O)(=O)N(C1=NN(c2c(Cl)cc(Cl)cc2Cl)C(=O)C1N1NCc2ccccc2C1=O)c1ccccc1. The van der Waals surface area contributed by atoms with E-state index in [4.69, 9.17) is 46.4 Å². The second-order valence-electron chi connectivity index (χ2n) is 14.5. The highest BCUT2D eigenvalue weighted by Gasteiger charge is 2.50. The van der Waals surface area contributed by atoms with Crippen LogP contribution in [0.5, 0.6) is 0 Å². The number of rotatable bonds is 21. The van der Waals surface area contributed by atoms with E-state index in [1.165, 1.54) is 57.1 Å². The molecule has 0 saturated carbocycles. The van der Waals surface area contributed by atoms with Crippen molar-refractivity contribution in [3.05, 3.63) is 92.9 Å². The van der Waals surface area contributed by atoms with Crippen molar-refractivity contribution in [2.75, 3.05) is 9.31 Å². The normalized spacial score (nSPS) is 16.9. The minimum Gasteiger partial charge on any atom is -0.269 e. The third kappa shape index (κ3) is 11.4. The summed E-state index contributed by atoms with van der Waals surface area (Å²) in [6, 6.07) is 16.2. The number of carbonyl (C=O) groups is 2. The third-order valence-electron chi connectivity index (χ3n) is 10.1. The molecule has 0 bridgehead atoms. The number of anilines is 2. The number of hydrogen-bond acceptors (Lipinski definition) is 6. The average molecular weight is 867 g/mol. The maximum Gasteiger partial charge on any atom is 0.307 e. The summed E-state index contributed by atoms with van der Waals surface area (Å²) in [6.07, 6.45) is 14.7. The smallest absolute Gasteiger partial charge is 0.269 e. The van der Waals surface area contributed by atoms with Crippen molar-refractivity contribution >= 4 is 85.6 Å². The van der Waals surface area contributed by atoms with Gasteiger partial charge in [0.15, 0.2) is 11.9 Å². The van der Waals surface area contributed by atoms with E-state index >= 15 is 0 Å². The number of nitrogens with one attached hydrogen (secondary N) is 2. The molecule has 10 nitrogen and oxygen atoms in total. The standard InChI is InChI=1S/C41H52Cl4N6O4S/c1-3-4-5-6-7-8-9-10-11-12-14-20-32(25-24-29(2)42)48-56(54,55)51(33-21-15-13-16-22-33)39-38(49-40(52)34-23-18-17-19-30(34)28-46-49)41(53)50(47-39)37-35(44)26-31(43)27-36(37)45/h13,15-19,21-23,26-27,29,32,38,46,48H,3-12,14,20,24-25,28H2,1-2H3. The van der Waals surface area contributed by atoms with Crippen LogP contribution in [0.4, 0.5) is 11.4 Å². The van der Waals surface area contributed by atoms with Crippen molar-refractivity contribution in [1.82, 2.24) is 15.2 Å². The molecule has 2 amide bonds. The number of fused-ring (bicyclic) bond motifs is 1. The summed E-state index contributed by atoms with van der Waals surface area (Å²) in [7, 11) is -4.50. The highest BCUT2D eigenvalue weighted by molar-refractivity contribution is 7.91. The van der Waals surface area contributed by atoms with Gasteiger partial charge in [0.1, 0.15) is 5.69 Å². The van der Waals surface area contributed by atoms with Gasteiger partial charge in [-0.2, -0.15) is 18.1 Å². The van der Waals surface area contributed by atoms with Crippen molar-refractivity contribution in [3.63, 3.8) is 0 Å². The first-order chi connectivity index (χ1) is 26.9. The number of alkyl halides is 1. The fourth-order valence-corrected chi connectivity index (χ4v) is 9.79. The predicted molar refractivity (Wildman–Crippen MR) is 230 cm³/mol. The Morgan fingerprint density at radius 2 is 1.43 bits per heavy atom. The molecule has 0 aliphatic carbocycles. The summed E-state index contributed by atoms with van der Waals surface area (Å²) < 4.78 is 33.7. The molecule has 2 heterocycles. The molecular weight excluding hydrogens is 814 g/mol. The predicted octanol–water partition coefficient (Wildman–Crippen LogP) is 10.7. The molecule has 2 aliphatic heterocycles. The van der Waals surface area contributed by atoms with Gasteiger partial charge < -0.3 is 0 Å². The topological polar surface area (TPSA) is 114 Å². The van der Waals surface area contributed by atoms with E-state index in [1.54, 1.807) is 42.5 Å². The first kappa shape index (κ1) is 44.2. The largest absolute Gasteiger partial charge is 0.307 e. The Hall–Kier alpha value is -2.90. The lowest BCUT2D eigenvalue weighted by Gasteiger charge is -2.36. The number of hydrogen-bond donors (Lipinski definition) is 2. The van der Waals surface area contributed by atoms with Crippen LogP contribution in [0.3, 0.4) is 0 Å². The molecular formula is C41H52Cl4N6O4S. The Balaban J connectivity index is 1.45. The van der Waals surface area contributed by atoms with Crippen molar-refractivity contribution in [2.45, 2.75) is 128 Å². The molecule has 0 fully saturated rings. The summed E-state index contributed by atoms with van der Waals surface area (Å²) in [4.78, 5) is 28.7. The second-order valence-corrected chi connectivity index (χ2v) is 18.0. The molecule has 0 spiro atoms. The maximum atomic E-state index is 14.9. The summed E-state index contributed by atoms with van der Waals surface area (Å²) >= 11 is 25.8. The molecule has 3 aromatic rings. The lowest BCUT2D eigenvalue weighted by molar-refractivity contribution is -0.121. The van der Waals surface area contributed by atoms with Crippen LogP contribution >= 0.6 is 46.4 Å². The van der Waals surface area contributed by atoms with Gasteiger partial charge in [-0.25, -0.2) is 9.73 Å². The van der Waals surface area contributed by atoms with Crippen LogP contribution in [0.15, 0.2) is 71.8 Å². The molecule has 0 aromatic heterocycles. The Bertz CT molecular complexity index is 1910. The number of halogens is 4. The van der Waals surface area contributed by atoms with Gasteiger partial charge in [0, 0.05) is 28.5 Å². The lowest BCUT2D eigenvalue weighted by Crippen LogP contribution is -2.62. The molecule has 2 N–H and O–H groups in total. The van der Waals surface area contributed by atoms with E-state index in [9.17, 15) is 18.0 Å². The van der Waals surface area contributed by atoms with Gasteiger partial charge in [-0.3, -0.25) is 14.6 Å². The summed E-state index contributed by atoms with van der Waals surface area (Å²) in [5.41, 5.74) is 4.34. The number of amides is 2. The molecule has 0 radical (unpaired) electrons. The lowest BCUT2D eigenvalue weighted by atomic mass is 10.0. The van der Waals surface area contributed by atoms with Crippen LogP contribution in [-0.2, 0) is 21.5 Å². The third-order valence-corrected chi connectivity index (χ3v) is 12.6. The number of amidine groups is 1. The van der Waals surface area contributed by atoms with E-state index in [0.29, 0.717) is 24.8 Å². The van der Waals surface area contributed by atoms with Gasteiger partial charge in [-0.15, -0.1) is 16.7 Å². The van der Waals surface area contributed by atoms with Crippen LogP contribution in [0.25, 0.3) is 0 Å². The van der Waals surface area contributed by atoms with Crippen molar-refractivity contribution in [2.24, 2.45) is 5.10 Å². The Labute approximate surface area is 352 Å². The second kappa shape index (κ2) is 21.2. The van der Waals surface area contributed by atoms with Gasteiger partial charge in [0.2, 0.25) is 0 Å². The summed E-state index contributed by atoms with van der Waals surface area (Å²) in [5, 5.41) is 6.80. The Morgan fingerprint density at radius 3 is 2.05 bits per heavy atom. The number of unbranched alkanes of at least 4 members (excludes halogenated alkanes) is 10. The summed E-state index contributed by atoms with van der Waals surface area (Å²) in [6.45, 7) is 4.32. The minimum atomic E-state index is -4.50. The van der Waals surface area contributed by atoms with Crippen LogP contribution in [0.1, 0.15) is 120 Å². The maximum absolute atomic E-state index is 14.9. The quantitative estimate of drug-likeness (QED) is 0.0818. The summed E-state index contributed by atoms with van der Waals surface area (Å²) in [5.74, 6) is -1.54. The van der Waals surface area contributed by atoms with Crippen LogP contribution in [0.2, 0.25) is 15.1 Å². The molecule has 15 heteroatoms. The van der Waals surface area contributed by atoms with E-state index < -0.39 is 34.1 Å². The van der Waals surface area contributed by atoms with Crippen LogP contribution in [-0.4, -0.2) is 48.5 Å². The molecule has 3 atom stereocenters. The molecule has 5 rings (SSSR count). The van der Waals surface area contributed by atoms with Crippen molar-refractivity contribution < 1.29 is 18.0 Å². The van der Waals surface area contributed by atoms with E-state index in [-0.39, 0.29) is 44.2 Å². The van der Waals surface area contributed by atoms with Gasteiger partial charge in [0.25, 0.3) is 11.8 Å². The number of hydrazine groups is 1. The van der Waals surface area contributed by atoms with E-state index in [0.717, 1.165) is 45.6 Å².